The average molecular weight is 321 g/mol. The molecule has 1 saturated heterocycles. The molecular weight excluding hydrogens is 298 g/mol. The molecule has 0 unspecified atom stereocenters. The molecule has 1 amide bonds. The topological polar surface area (TPSA) is 76.1 Å². The lowest BCUT2D eigenvalue weighted by molar-refractivity contribution is -0.155. The van der Waals surface area contributed by atoms with Crippen molar-refractivity contribution in [3.8, 4) is 0 Å². The quantitative estimate of drug-likeness (QED) is 0.860. The Balaban J connectivity index is 1.99. The number of aliphatic hydroxyl groups excluding tert-OH is 1. The van der Waals surface area contributed by atoms with E-state index in [4.69, 9.17) is 9.47 Å². The lowest BCUT2D eigenvalue weighted by atomic mass is 10.0. The van der Waals surface area contributed by atoms with Crippen LogP contribution in [0.2, 0.25) is 0 Å². The van der Waals surface area contributed by atoms with Gasteiger partial charge in [0, 0.05) is 0 Å². The van der Waals surface area contributed by atoms with E-state index >= 15 is 0 Å². The van der Waals surface area contributed by atoms with E-state index in [-0.39, 0.29) is 19.3 Å². The molecule has 0 bridgehead atoms. The minimum Gasteiger partial charge on any atom is -0.461 e. The molecule has 1 aromatic carbocycles. The van der Waals surface area contributed by atoms with E-state index in [0.29, 0.717) is 12.8 Å². The highest BCUT2D eigenvalue weighted by atomic mass is 16.6. The first-order valence-electron chi connectivity index (χ1n) is 7.83. The van der Waals surface area contributed by atoms with E-state index in [2.05, 4.69) is 0 Å². The molecule has 1 aliphatic heterocycles. The van der Waals surface area contributed by atoms with Crippen LogP contribution in [0.25, 0.3) is 0 Å². The second-order valence-corrected chi connectivity index (χ2v) is 5.93. The first kappa shape index (κ1) is 17.3. The van der Waals surface area contributed by atoms with Gasteiger partial charge in [0.1, 0.15) is 12.6 Å². The second kappa shape index (κ2) is 7.97. The maximum Gasteiger partial charge on any atom is 0.410 e. The number of aliphatic hydroxyl groups is 1. The van der Waals surface area contributed by atoms with Crippen molar-refractivity contribution >= 4 is 12.1 Å². The predicted octanol–water partition coefficient (Wildman–Crippen LogP) is 2.10. The van der Waals surface area contributed by atoms with Crippen LogP contribution >= 0.6 is 0 Å². The molecule has 1 heterocycles. The van der Waals surface area contributed by atoms with Crippen molar-refractivity contribution in [3.63, 3.8) is 0 Å². The van der Waals surface area contributed by atoms with Crippen LogP contribution in [0.3, 0.4) is 0 Å². The summed E-state index contributed by atoms with van der Waals surface area (Å²) in [6, 6.07) is 8.59. The number of nitrogens with zero attached hydrogens (tertiary/aromatic N) is 1. The summed E-state index contributed by atoms with van der Waals surface area (Å²) in [5, 5.41) is 9.79. The van der Waals surface area contributed by atoms with Crippen molar-refractivity contribution in [2.75, 3.05) is 6.54 Å². The number of carbonyl (C=O) groups is 2. The molecule has 1 fully saturated rings. The molecule has 0 aromatic heterocycles. The number of rotatable bonds is 4. The molecule has 6 heteroatoms. The number of hydrogen-bond donors (Lipinski definition) is 1. The fraction of sp³-hybridized carbons (Fsp3) is 0.529. The van der Waals surface area contributed by atoms with Crippen molar-refractivity contribution in [1.29, 1.82) is 0 Å². The van der Waals surface area contributed by atoms with E-state index in [0.717, 1.165) is 5.56 Å². The van der Waals surface area contributed by atoms with Crippen LogP contribution in [0.4, 0.5) is 4.79 Å². The number of piperidine rings is 1. The molecule has 1 N–H and O–H groups in total. The molecule has 0 spiro atoms. The van der Waals surface area contributed by atoms with Gasteiger partial charge in [-0.1, -0.05) is 30.3 Å². The molecule has 6 nitrogen and oxygen atoms in total. The lowest BCUT2D eigenvalue weighted by Crippen LogP contribution is -2.53. The first-order valence-corrected chi connectivity index (χ1v) is 7.83. The number of likely N-dealkylation sites (tertiary alicyclic amines) is 1. The fourth-order valence-corrected chi connectivity index (χ4v) is 2.51. The number of amides is 1. The number of hydrogen-bond acceptors (Lipinski definition) is 5. The zero-order valence-electron chi connectivity index (χ0n) is 13.5. The van der Waals surface area contributed by atoms with Gasteiger partial charge in [0.05, 0.1) is 18.8 Å². The Bertz CT molecular complexity index is 531. The highest BCUT2D eigenvalue weighted by Crippen LogP contribution is 2.20. The smallest absolute Gasteiger partial charge is 0.410 e. The number of β-amino-alcohol motifs (C(OH)–C–C–N with tert-alkyl or cyclic N) is 1. The standard InChI is InChI=1S/C17H23NO5/c1-12(2)23-16(20)15-9-8-14(19)10-18(15)17(21)22-11-13-6-4-3-5-7-13/h3-7,12,14-15,19H,8-11H2,1-2H3/t14-,15-/m0/s1. The van der Waals surface area contributed by atoms with Crippen LogP contribution in [-0.2, 0) is 20.9 Å². The van der Waals surface area contributed by atoms with Crippen LogP contribution in [0, 0.1) is 0 Å². The summed E-state index contributed by atoms with van der Waals surface area (Å²) < 4.78 is 10.5. The predicted molar refractivity (Wildman–Crippen MR) is 83.6 cm³/mol. The number of carbonyl (C=O) groups excluding carboxylic acids is 2. The Morgan fingerprint density at radius 3 is 2.61 bits per heavy atom. The van der Waals surface area contributed by atoms with Gasteiger partial charge in [-0.05, 0) is 32.3 Å². The van der Waals surface area contributed by atoms with Gasteiger partial charge in [-0.3, -0.25) is 4.90 Å². The van der Waals surface area contributed by atoms with Crippen molar-refractivity contribution in [2.24, 2.45) is 0 Å². The van der Waals surface area contributed by atoms with Crippen LogP contribution in [-0.4, -0.2) is 46.9 Å². The van der Waals surface area contributed by atoms with Gasteiger partial charge < -0.3 is 14.6 Å². The Hall–Kier alpha value is -2.08. The molecule has 0 aliphatic carbocycles. The van der Waals surface area contributed by atoms with Crippen molar-refractivity contribution in [3.05, 3.63) is 35.9 Å². The Morgan fingerprint density at radius 2 is 1.96 bits per heavy atom. The molecule has 0 saturated carbocycles. The van der Waals surface area contributed by atoms with Crippen LogP contribution in [0.15, 0.2) is 30.3 Å². The van der Waals surface area contributed by atoms with Crippen molar-refractivity contribution in [1.82, 2.24) is 4.90 Å². The van der Waals surface area contributed by atoms with Crippen LogP contribution in [0.5, 0.6) is 0 Å². The van der Waals surface area contributed by atoms with E-state index in [1.165, 1.54) is 4.90 Å². The molecular formula is C17H23NO5. The molecule has 1 aliphatic rings. The molecule has 23 heavy (non-hydrogen) atoms. The molecule has 126 valence electrons. The van der Waals surface area contributed by atoms with Gasteiger partial charge in [0.2, 0.25) is 0 Å². The lowest BCUT2D eigenvalue weighted by Gasteiger charge is -2.35. The number of benzene rings is 1. The number of ether oxygens (including phenoxy) is 2. The molecule has 0 radical (unpaired) electrons. The van der Waals surface area contributed by atoms with E-state index in [1.54, 1.807) is 13.8 Å². The van der Waals surface area contributed by atoms with Gasteiger partial charge in [-0.15, -0.1) is 0 Å². The summed E-state index contributed by atoms with van der Waals surface area (Å²) in [5.41, 5.74) is 0.861. The van der Waals surface area contributed by atoms with E-state index < -0.39 is 24.2 Å². The van der Waals surface area contributed by atoms with Crippen LogP contribution in [0.1, 0.15) is 32.3 Å². The summed E-state index contributed by atoms with van der Waals surface area (Å²) in [5.74, 6) is -0.455. The van der Waals surface area contributed by atoms with Crippen molar-refractivity contribution < 1.29 is 24.2 Å². The van der Waals surface area contributed by atoms with Gasteiger partial charge in [0.25, 0.3) is 0 Å². The normalized spacial score (nSPS) is 21.1. The second-order valence-electron chi connectivity index (χ2n) is 5.93. The Labute approximate surface area is 136 Å². The Kier molecular flexibility index (Phi) is 5.98. The third-order valence-corrected chi connectivity index (χ3v) is 3.62. The maximum absolute atomic E-state index is 12.3. The average Bonchev–Trinajstić information content (AvgIpc) is 2.52. The van der Waals surface area contributed by atoms with Gasteiger partial charge in [0.15, 0.2) is 0 Å². The minimum absolute atomic E-state index is 0.0749. The summed E-state index contributed by atoms with van der Waals surface area (Å²) in [7, 11) is 0. The Morgan fingerprint density at radius 1 is 1.26 bits per heavy atom. The summed E-state index contributed by atoms with van der Waals surface area (Å²) in [6.45, 7) is 3.71. The van der Waals surface area contributed by atoms with Gasteiger partial charge in [-0.25, -0.2) is 9.59 Å². The highest BCUT2D eigenvalue weighted by molar-refractivity contribution is 5.81. The highest BCUT2D eigenvalue weighted by Gasteiger charge is 2.37. The monoisotopic (exact) mass is 321 g/mol. The third kappa shape index (κ3) is 4.96. The largest absolute Gasteiger partial charge is 0.461 e. The third-order valence-electron chi connectivity index (χ3n) is 3.62. The van der Waals surface area contributed by atoms with E-state index in [9.17, 15) is 14.7 Å². The van der Waals surface area contributed by atoms with Gasteiger partial charge >= 0.3 is 12.1 Å². The maximum atomic E-state index is 12.3. The minimum atomic E-state index is -0.705. The summed E-state index contributed by atoms with van der Waals surface area (Å²) >= 11 is 0. The fourth-order valence-electron chi connectivity index (χ4n) is 2.51. The first-order chi connectivity index (χ1) is 11.0. The van der Waals surface area contributed by atoms with Crippen LogP contribution < -0.4 is 0 Å². The summed E-state index contributed by atoms with van der Waals surface area (Å²) in [6.07, 6.45) is -0.690. The zero-order chi connectivity index (χ0) is 16.8. The van der Waals surface area contributed by atoms with Crippen molar-refractivity contribution in [2.45, 2.75) is 51.5 Å². The molecule has 2 rings (SSSR count). The zero-order valence-corrected chi connectivity index (χ0v) is 13.5. The SMILES string of the molecule is CC(C)OC(=O)[C@@H]1CC[C@H](O)CN1C(=O)OCc1ccccc1. The van der Waals surface area contributed by atoms with Gasteiger partial charge in [-0.2, -0.15) is 0 Å². The molecule has 1 aromatic rings. The number of esters is 1. The van der Waals surface area contributed by atoms with E-state index in [1.807, 2.05) is 30.3 Å². The molecule has 2 atom stereocenters. The summed E-state index contributed by atoms with van der Waals surface area (Å²) in [4.78, 5) is 25.7.